The molecule has 0 spiro atoms. The lowest BCUT2D eigenvalue weighted by molar-refractivity contribution is 0.575. The number of rotatable bonds is 0. The van der Waals surface area contributed by atoms with Gasteiger partial charge in [-0.15, -0.1) is 0 Å². The van der Waals surface area contributed by atoms with E-state index in [1.54, 1.807) is 0 Å². The Morgan fingerprint density at radius 2 is 0.794 bits per heavy atom. The lowest BCUT2D eigenvalue weighted by atomic mass is 9.94. The van der Waals surface area contributed by atoms with Gasteiger partial charge in [-0.05, 0) is 46.2 Å². The fourth-order valence-corrected chi connectivity index (χ4v) is 7.53. The molecular formula is C28H32O4S2. The van der Waals surface area contributed by atoms with E-state index in [1.807, 2.05) is 60.7 Å². The van der Waals surface area contributed by atoms with E-state index in [9.17, 15) is 16.8 Å². The van der Waals surface area contributed by atoms with E-state index in [0.717, 1.165) is 59.1 Å². The molecule has 3 aromatic carbocycles. The Balaban J connectivity index is 1.65. The zero-order valence-corrected chi connectivity index (χ0v) is 21.1. The number of hydrogen-bond acceptors (Lipinski definition) is 4. The van der Waals surface area contributed by atoms with Crippen LogP contribution in [0.4, 0.5) is 0 Å². The molecule has 180 valence electrons. The van der Waals surface area contributed by atoms with Gasteiger partial charge in [0.05, 0.1) is 23.0 Å². The molecule has 0 saturated carbocycles. The van der Waals surface area contributed by atoms with Crippen molar-refractivity contribution < 1.29 is 16.8 Å². The van der Waals surface area contributed by atoms with Gasteiger partial charge in [0, 0.05) is 0 Å². The number of hydrogen-bond donors (Lipinski definition) is 0. The molecule has 0 fully saturated rings. The Labute approximate surface area is 203 Å². The highest BCUT2D eigenvalue weighted by atomic mass is 32.2. The Morgan fingerprint density at radius 3 is 1.18 bits per heavy atom. The van der Waals surface area contributed by atoms with Gasteiger partial charge in [0.2, 0.25) is 0 Å². The van der Waals surface area contributed by atoms with Crippen LogP contribution in [0, 0.1) is 0 Å². The van der Waals surface area contributed by atoms with Crippen molar-refractivity contribution in [3.05, 3.63) is 83.9 Å². The number of fused-ring (bicyclic) bond motifs is 2. The second kappa shape index (κ2) is 10.9. The average molecular weight is 497 g/mol. The standard InChI is InChI=1S/C28H32O4S2/c29-33(30)19-7-3-1-2-4-8-20-34(31,32)22-24-13-17-26(18-14-24)28-10-6-5-9-27(28)25-15-11-23(21-33)12-16-25/h5-6,9-18H,1-4,7-8,19-22H2. The molecule has 3 heterocycles. The fourth-order valence-electron chi connectivity index (χ4n) is 4.55. The van der Waals surface area contributed by atoms with Gasteiger partial charge < -0.3 is 0 Å². The summed E-state index contributed by atoms with van der Waals surface area (Å²) in [5.74, 6) is 0.519. The summed E-state index contributed by atoms with van der Waals surface area (Å²) in [6.07, 6.45) is 4.89. The molecule has 6 heteroatoms. The first-order valence-electron chi connectivity index (χ1n) is 12.0. The third-order valence-electron chi connectivity index (χ3n) is 6.39. The van der Waals surface area contributed by atoms with E-state index in [1.165, 1.54) is 0 Å². The zero-order valence-electron chi connectivity index (χ0n) is 19.4. The summed E-state index contributed by atoms with van der Waals surface area (Å²) in [6.45, 7) is 0. The van der Waals surface area contributed by atoms with Gasteiger partial charge in [0.1, 0.15) is 0 Å². The molecule has 34 heavy (non-hydrogen) atoms. The van der Waals surface area contributed by atoms with Crippen molar-refractivity contribution in [3.63, 3.8) is 0 Å². The summed E-state index contributed by atoms with van der Waals surface area (Å²) in [5, 5.41) is 0. The summed E-state index contributed by atoms with van der Waals surface area (Å²) in [4.78, 5) is 0. The highest BCUT2D eigenvalue weighted by molar-refractivity contribution is 7.90. The molecule has 0 aromatic heterocycles. The van der Waals surface area contributed by atoms with Crippen LogP contribution in [0.5, 0.6) is 0 Å². The Kier molecular flexibility index (Phi) is 7.89. The molecule has 0 unspecified atom stereocenters. The molecule has 6 rings (SSSR count). The van der Waals surface area contributed by atoms with E-state index in [2.05, 4.69) is 12.1 Å². The number of benzene rings is 3. The van der Waals surface area contributed by atoms with Crippen LogP contribution in [0.1, 0.15) is 49.7 Å². The first kappa shape index (κ1) is 24.7. The summed E-state index contributed by atoms with van der Waals surface area (Å²) >= 11 is 0. The van der Waals surface area contributed by atoms with Crippen molar-refractivity contribution in [3.8, 4) is 22.3 Å². The molecule has 0 radical (unpaired) electrons. The maximum Gasteiger partial charge on any atom is 0.154 e. The highest BCUT2D eigenvalue weighted by Gasteiger charge is 2.15. The first-order chi connectivity index (χ1) is 16.3. The van der Waals surface area contributed by atoms with E-state index < -0.39 is 19.7 Å². The molecule has 4 bridgehead atoms. The van der Waals surface area contributed by atoms with Crippen LogP contribution < -0.4 is 0 Å². The van der Waals surface area contributed by atoms with Gasteiger partial charge in [-0.2, -0.15) is 0 Å². The Bertz CT molecular complexity index is 1200. The average Bonchev–Trinajstić information content (AvgIpc) is 2.81. The zero-order chi connectivity index (χ0) is 24.0. The van der Waals surface area contributed by atoms with Gasteiger partial charge in [-0.1, -0.05) is 98.5 Å². The highest BCUT2D eigenvalue weighted by Crippen LogP contribution is 2.32. The molecule has 3 aromatic rings. The molecule has 4 nitrogen and oxygen atoms in total. The predicted octanol–water partition coefficient (Wildman–Crippen LogP) is 6.20. The third kappa shape index (κ3) is 6.80. The van der Waals surface area contributed by atoms with Crippen LogP contribution in [0.2, 0.25) is 0 Å². The van der Waals surface area contributed by atoms with Gasteiger partial charge in [0.15, 0.2) is 19.7 Å². The fraction of sp³-hybridized carbons (Fsp3) is 0.357. The molecular weight excluding hydrogens is 464 g/mol. The Morgan fingerprint density at radius 1 is 0.441 bits per heavy atom. The van der Waals surface area contributed by atoms with Crippen LogP contribution >= 0.6 is 0 Å². The Hall–Kier alpha value is -2.44. The second-order valence-corrected chi connectivity index (χ2v) is 13.6. The van der Waals surface area contributed by atoms with Crippen molar-refractivity contribution in [2.24, 2.45) is 0 Å². The predicted molar refractivity (Wildman–Crippen MR) is 140 cm³/mol. The van der Waals surface area contributed by atoms with Crippen LogP contribution in [0.15, 0.2) is 72.8 Å². The normalized spacial score (nSPS) is 18.9. The van der Waals surface area contributed by atoms with Gasteiger partial charge in [-0.3, -0.25) is 0 Å². The van der Waals surface area contributed by atoms with Crippen LogP contribution in [-0.2, 0) is 31.2 Å². The maximum atomic E-state index is 12.6. The monoisotopic (exact) mass is 496 g/mol. The van der Waals surface area contributed by atoms with Gasteiger partial charge >= 0.3 is 0 Å². The van der Waals surface area contributed by atoms with E-state index in [-0.39, 0.29) is 23.0 Å². The minimum Gasteiger partial charge on any atom is -0.228 e. The minimum atomic E-state index is -3.15. The molecule has 0 atom stereocenters. The molecule has 3 aliphatic rings. The minimum absolute atomic E-state index is 0.0637. The quantitative estimate of drug-likeness (QED) is 0.371. The van der Waals surface area contributed by atoms with Crippen molar-refractivity contribution in [2.45, 2.75) is 50.0 Å². The van der Waals surface area contributed by atoms with E-state index in [0.29, 0.717) is 12.8 Å². The van der Waals surface area contributed by atoms with Crippen molar-refractivity contribution in [1.82, 2.24) is 0 Å². The SMILES string of the molecule is O=S1(=O)CCCCCCCCS(=O)(=O)Cc2ccc(cc2)-c2ccccc2-c2ccc(cc2)C1. The number of sulfone groups is 2. The molecule has 3 aliphatic heterocycles. The second-order valence-electron chi connectivity index (χ2n) is 9.24. The van der Waals surface area contributed by atoms with E-state index in [4.69, 9.17) is 0 Å². The summed E-state index contributed by atoms with van der Waals surface area (Å²) < 4.78 is 50.3. The lowest BCUT2D eigenvalue weighted by Crippen LogP contribution is -2.10. The lowest BCUT2D eigenvalue weighted by Gasteiger charge is -2.12. The largest absolute Gasteiger partial charge is 0.228 e. The smallest absolute Gasteiger partial charge is 0.154 e. The summed E-state index contributed by atoms with van der Waals surface area (Å²) in [6, 6.07) is 23.6. The summed E-state index contributed by atoms with van der Waals surface area (Å²) in [5.41, 5.74) is 5.78. The van der Waals surface area contributed by atoms with Crippen LogP contribution in [-0.4, -0.2) is 28.3 Å². The summed E-state index contributed by atoms with van der Waals surface area (Å²) in [7, 11) is -6.31. The van der Waals surface area contributed by atoms with Crippen molar-refractivity contribution in [1.29, 1.82) is 0 Å². The van der Waals surface area contributed by atoms with E-state index >= 15 is 0 Å². The van der Waals surface area contributed by atoms with Crippen molar-refractivity contribution in [2.75, 3.05) is 11.5 Å². The van der Waals surface area contributed by atoms with Gasteiger partial charge in [-0.25, -0.2) is 16.8 Å². The van der Waals surface area contributed by atoms with Crippen molar-refractivity contribution >= 4 is 19.7 Å². The molecule has 0 N–H and O–H groups in total. The first-order valence-corrected chi connectivity index (χ1v) is 15.6. The third-order valence-corrected chi connectivity index (χ3v) is 9.76. The molecule has 0 saturated heterocycles. The van der Waals surface area contributed by atoms with Gasteiger partial charge in [0.25, 0.3) is 0 Å². The molecule has 0 amide bonds. The van der Waals surface area contributed by atoms with Crippen LogP contribution in [0.25, 0.3) is 22.3 Å². The molecule has 0 aliphatic carbocycles. The maximum absolute atomic E-state index is 12.6. The topological polar surface area (TPSA) is 68.3 Å². The van der Waals surface area contributed by atoms with Crippen LogP contribution in [0.3, 0.4) is 0 Å².